The molecule has 0 atom stereocenters. The van der Waals surface area contributed by atoms with Crippen LogP contribution in [0.2, 0.25) is 10.6 Å². The molecule has 2 heterocycles. The van der Waals surface area contributed by atoms with Crippen molar-refractivity contribution in [1.29, 1.82) is 0 Å². The summed E-state index contributed by atoms with van der Waals surface area (Å²) in [7, 11) is 0. The highest BCUT2D eigenvalue weighted by Crippen LogP contribution is 2.37. The van der Waals surface area contributed by atoms with Gasteiger partial charge >= 0.3 is 0 Å². The molecular formula is C21H11Cl2N3O. The number of halogens is 2. The van der Waals surface area contributed by atoms with E-state index in [1.54, 1.807) is 0 Å². The zero-order valence-corrected chi connectivity index (χ0v) is 15.4. The van der Waals surface area contributed by atoms with Gasteiger partial charge < -0.3 is 4.42 Å². The number of furan rings is 1. The molecule has 27 heavy (non-hydrogen) atoms. The third-order valence-electron chi connectivity index (χ3n) is 4.42. The molecule has 5 rings (SSSR count). The number of fused-ring (bicyclic) bond motifs is 3. The summed E-state index contributed by atoms with van der Waals surface area (Å²) in [5.74, 6) is 0.415. The summed E-state index contributed by atoms with van der Waals surface area (Å²) in [6.45, 7) is 0. The van der Waals surface area contributed by atoms with Crippen LogP contribution in [0, 0.1) is 0 Å². The zero-order chi connectivity index (χ0) is 18.4. The second-order valence-corrected chi connectivity index (χ2v) is 6.73. The summed E-state index contributed by atoms with van der Waals surface area (Å²) in [4.78, 5) is 12.3. The molecule has 0 saturated carbocycles. The van der Waals surface area contributed by atoms with Crippen LogP contribution >= 0.6 is 23.2 Å². The van der Waals surface area contributed by atoms with Crippen molar-refractivity contribution in [2.24, 2.45) is 0 Å². The van der Waals surface area contributed by atoms with E-state index in [0.717, 1.165) is 38.6 Å². The first-order chi connectivity index (χ1) is 13.2. The molecule has 130 valence electrons. The highest BCUT2D eigenvalue weighted by atomic mass is 35.5. The average molecular weight is 392 g/mol. The van der Waals surface area contributed by atoms with E-state index >= 15 is 0 Å². The SMILES string of the molecule is Clc1nc(Cl)nc(-c2cccc3oc4ccc(-c5ccccc5)cc4c23)n1. The molecule has 0 bridgehead atoms. The largest absolute Gasteiger partial charge is 0.456 e. The van der Waals surface area contributed by atoms with Gasteiger partial charge in [-0.25, -0.2) is 0 Å². The van der Waals surface area contributed by atoms with Gasteiger partial charge in [-0.15, -0.1) is 0 Å². The standard InChI is InChI=1S/C21H11Cl2N3O/c22-20-24-19(25-21(23)26-20)14-7-4-8-17-18(14)15-11-13(9-10-16(15)27-17)12-5-2-1-3-6-12/h1-11H. The van der Waals surface area contributed by atoms with Crippen LogP contribution in [0.25, 0.3) is 44.5 Å². The molecule has 0 amide bonds. The minimum Gasteiger partial charge on any atom is -0.456 e. The van der Waals surface area contributed by atoms with Gasteiger partial charge in [0.05, 0.1) is 0 Å². The maximum atomic E-state index is 6.03. The molecule has 0 unspecified atom stereocenters. The van der Waals surface area contributed by atoms with Crippen LogP contribution in [0.1, 0.15) is 0 Å². The Morgan fingerprint density at radius 1 is 0.667 bits per heavy atom. The molecule has 0 aliphatic carbocycles. The first-order valence-corrected chi connectivity index (χ1v) is 9.03. The summed E-state index contributed by atoms with van der Waals surface area (Å²) >= 11 is 12.0. The molecule has 0 saturated heterocycles. The van der Waals surface area contributed by atoms with Gasteiger partial charge in [-0.3, -0.25) is 0 Å². The van der Waals surface area contributed by atoms with Crippen molar-refractivity contribution in [2.75, 3.05) is 0 Å². The number of aromatic nitrogens is 3. The van der Waals surface area contributed by atoms with Crippen molar-refractivity contribution in [1.82, 2.24) is 15.0 Å². The lowest BCUT2D eigenvalue weighted by molar-refractivity contribution is 0.669. The molecular weight excluding hydrogens is 381 g/mol. The fourth-order valence-corrected chi connectivity index (χ4v) is 3.63. The Balaban J connectivity index is 1.82. The van der Waals surface area contributed by atoms with Crippen molar-refractivity contribution in [3.8, 4) is 22.5 Å². The van der Waals surface area contributed by atoms with Gasteiger partial charge in [0, 0.05) is 16.3 Å². The summed E-state index contributed by atoms with van der Waals surface area (Å²) in [6, 6.07) is 22.1. The van der Waals surface area contributed by atoms with Crippen LogP contribution in [0.4, 0.5) is 0 Å². The quantitative estimate of drug-likeness (QED) is 0.348. The second kappa shape index (κ2) is 6.34. The van der Waals surface area contributed by atoms with Crippen molar-refractivity contribution in [3.05, 3.63) is 77.3 Å². The first kappa shape index (κ1) is 16.2. The van der Waals surface area contributed by atoms with Crippen LogP contribution in [0.3, 0.4) is 0 Å². The van der Waals surface area contributed by atoms with Crippen molar-refractivity contribution in [2.45, 2.75) is 0 Å². The Morgan fingerprint density at radius 3 is 2.22 bits per heavy atom. The summed E-state index contributed by atoms with van der Waals surface area (Å²) in [5, 5.41) is 2.01. The average Bonchev–Trinajstić information content (AvgIpc) is 3.06. The van der Waals surface area contributed by atoms with Crippen molar-refractivity contribution in [3.63, 3.8) is 0 Å². The van der Waals surface area contributed by atoms with E-state index in [1.807, 2.05) is 42.5 Å². The van der Waals surface area contributed by atoms with E-state index in [4.69, 9.17) is 27.6 Å². The molecule has 0 fully saturated rings. The van der Waals surface area contributed by atoms with E-state index in [0.29, 0.717) is 5.82 Å². The fraction of sp³-hybridized carbons (Fsp3) is 0. The van der Waals surface area contributed by atoms with Crippen molar-refractivity contribution < 1.29 is 4.42 Å². The monoisotopic (exact) mass is 391 g/mol. The van der Waals surface area contributed by atoms with Crippen LogP contribution < -0.4 is 0 Å². The van der Waals surface area contributed by atoms with E-state index in [2.05, 4.69) is 39.2 Å². The minimum absolute atomic E-state index is 0.0554. The Bertz CT molecular complexity index is 1280. The number of rotatable bonds is 2. The zero-order valence-electron chi connectivity index (χ0n) is 13.9. The summed E-state index contributed by atoms with van der Waals surface area (Å²) < 4.78 is 6.03. The van der Waals surface area contributed by atoms with Gasteiger partial charge in [-0.05, 0) is 52.5 Å². The Labute approximate surface area is 164 Å². The Kier molecular flexibility index (Phi) is 3.81. The third kappa shape index (κ3) is 2.83. The predicted molar refractivity (Wildman–Crippen MR) is 108 cm³/mol. The molecule has 2 aromatic heterocycles. The molecule has 5 aromatic rings. The first-order valence-electron chi connectivity index (χ1n) is 8.27. The lowest BCUT2D eigenvalue weighted by Crippen LogP contribution is -1.94. The van der Waals surface area contributed by atoms with Crippen LogP contribution in [-0.2, 0) is 0 Å². The predicted octanol–water partition coefficient (Wildman–Crippen LogP) is 6.41. The minimum atomic E-state index is 0.0554. The normalized spacial score (nSPS) is 11.3. The van der Waals surface area contributed by atoms with E-state index in [1.165, 1.54) is 0 Å². The van der Waals surface area contributed by atoms with E-state index in [9.17, 15) is 0 Å². The molecule has 0 aliphatic heterocycles. The lowest BCUT2D eigenvalue weighted by atomic mass is 10.0. The van der Waals surface area contributed by atoms with Crippen LogP contribution in [0.15, 0.2) is 71.1 Å². The highest BCUT2D eigenvalue weighted by Gasteiger charge is 2.16. The van der Waals surface area contributed by atoms with E-state index in [-0.39, 0.29) is 10.6 Å². The van der Waals surface area contributed by atoms with E-state index < -0.39 is 0 Å². The fourth-order valence-electron chi connectivity index (χ4n) is 3.27. The summed E-state index contributed by atoms with van der Waals surface area (Å²) in [6.07, 6.45) is 0. The number of hydrogen-bond acceptors (Lipinski definition) is 4. The van der Waals surface area contributed by atoms with Gasteiger partial charge in [0.25, 0.3) is 0 Å². The number of nitrogens with zero attached hydrogens (tertiary/aromatic N) is 3. The molecule has 0 spiro atoms. The maximum absolute atomic E-state index is 6.03. The van der Waals surface area contributed by atoms with Gasteiger partial charge in [0.1, 0.15) is 11.2 Å². The number of benzene rings is 3. The highest BCUT2D eigenvalue weighted by molar-refractivity contribution is 6.31. The molecule has 3 aromatic carbocycles. The third-order valence-corrected chi connectivity index (χ3v) is 4.76. The summed E-state index contributed by atoms with van der Waals surface area (Å²) in [5.41, 5.74) is 4.58. The topological polar surface area (TPSA) is 51.8 Å². The van der Waals surface area contributed by atoms with Crippen molar-refractivity contribution >= 4 is 45.1 Å². The van der Waals surface area contributed by atoms with Gasteiger partial charge in [-0.2, -0.15) is 15.0 Å². The molecule has 0 radical (unpaired) electrons. The van der Waals surface area contributed by atoms with Gasteiger partial charge in [0.15, 0.2) is 5.82 Å². The van der Waals surface area contributed by atoms with Gasteiger partial charge in [0.2, 0.25) is 10.6 Å². The molecule has 4 nitrogen and oxygen atoms in total. The number of hydrogen-bond donors (Lipinski definition) is 0. The maximum Gasteiger partial charge on any atom is 0.227 e. The Morgan fingerprint density at radius 2 is 1.44 bits per heavy atom. The molecule has 0 N–H and O–H groups in total. The lowest BCUT2D eigenvalue weighted by Gasteiger charge is -2.04. The molecule has 6 heteroatoms. The smallest absolute Gasteiger partial charge is 0.227 e. The second-order valence-electron chi connectivity index (χ2n) is 6.05. The van der Waals surface area contributed by atoms with Crippen LogP contribution in [0.5, 0.6) is 0 Å². The van der Waals surface area contributed by atoms with Gasteiger partial charge in [-0.1, -0.05) is 48.5 Å². The van der Waals surface area contributed by atoms with Crippen LogP contribution in [-0.4, -0.2) is 15.0 Å². The Hall–Kier alpha value is -2.95. The molecule has 0 aliphatic rings.